The fraction of sp³-hybridized carbons (Fsp3) is 0.455. The molecule has 0 aromatic heterocycles. The lowest BCUT2D eigenvalue weighted by Gasteiger charge is -2.08. The summed E-state index contributed by atoms with van der Waals surface area (Å²) in [6.45, 7) is 12.4. The molecule has 1 unspecified atom stereocenters. The third-order valence-corrected chi connectivity index (χ3v) is 4.07. The lowest BCUT2D eigenvalue weighted by molar-refractivity contribution is -0.108. The summed E-state index contributed by atoms with van der Waals surface area (Å²) in [4.78, 5) is 22.5. The Bertz CT molecular complexity index is 295. The first-order valence-corrected chi connectivity index (χ1v) is 6.40. The zero-order valence-corrected chi connectivity index (χ0v) is 11.0. The van der Waals surface area contributed by atoms with Crippen LogP contribution in [0.4, 0.5) is 0 Å². The van der Waals surface area contributed by atoms with Crippen LogP contribution in [-0.2, 0) is 9.59 Å². The van der Waals surface area contributed by atoms with Crippen molar-refractivity contribution in [3.63, 3.8) is 0 Å². The molecule has 0 aliphatic heterocycles. The van der Waals surface area contributed by atoms with E-state index in [1.54, 1.807) is 13.8 Å². The fourth-order valence-electron chi connectivity index (χ4n) is 0.634. The molecule has 0 radical (unpaired) electrons. The molecule has 0 heterocycles. The Morgan fingerprint density at radius 3 is 2.00 bits per heavy atom. The van der Waals surface area contributed by atoms with Crippen LogP contribution < -0.4 is 0 Å². The van der Waals surface area contributed by atoms with Gasteiger partial charge in [0.15, 0.2) is 0 Å². The second kappa shape index (κ2) is 6.90. The van der Waals surface area contributed by atoms with Crippen molar-refractivity contribution in [2.45, 2.75) is 26.0 Å². The zero-order chi connectivity index (χ0) is 12.0. The second-order valence-electron chi connectivity index (χ2n) is 3.38. The minimum atomic E-state index is -0.00905. The van der Waals surface area contributed by atoms with Crippen LogP contribution >= 0.6 is 23.5 Å². The van der Waals surface area contributed by atoms with Gasteiger partial charge in [0.1, 0.15) is 0 Å². The highest BCUT2D eigenvalue weighted by atomic mass is 32.2. The third-order valence-electron chi connectivity index (χ3n) is 1.45. The molecule has 0 N–H and O–H groups in total. The molecule has 0 saturated carbocycles. The van der Waals surface area contributed by atoms with Crippen molar-refractivity contribution in [2.24, 2.45) is 0 Å². The van der Waals surface area contributed by atoms with Crippen LogP contribution in [0, 0.1) is 0 Å². The standard InChI is InChI=1S/C11H16O2S2/c1-7(2)10(12)14-6-9(5)15-11(13)8(3)4/h9H,1,3,6H2,2,4-5H3. The van der Waals surface area contributed by atoms with Crippen LogP contribution in [0.25, 0.3) is 0 Å². The summed E-state index contributed by atoms with van der Waals surface area (Å²) in [6.07, 6.45) is 0. The second-order valence-corrected chi connectivity index (χ2v) is 5.78. The number of carbonyl (C=O) groups excluding carboxylic acids is 2. The first-order chi connectivity index (χ1) is 6.84. The maximum atomic E-state index is 11.3. The van der Waals surface area contributed by atoms with E-state index in [1.807, 2.05) is 6.92 Å². The monoisotopic (exact) mass is 244 g/mol. The first-order valence-electron chi connectivity index (χ1n) is 4.53. The minimum Gasteiger partial charge on any atom is -0.282 e. The summed E-state index contributed by atoms with van der Waals surface area (Å²) in [5, 5.41) is 0.0959. The maximum Gasteiger partial charge on any atom is 0.214 e. The predicted molar refractivity (Wildman–Crippen MR) is 69.2 cm³/mol. The molecule has 4 heteroatoms. The van der Waals surface area contributed by atoms with Crippen LogP contribution in [0.5, 0.6) is 0 Å². The van der Waals surface area contributed by atoms with Gasteiger partial charge >= 0.3 is 0 Å². The average molecular weight is 244 g/mol. The SMILES string of the molecule is C=C(C)C(=O)SCC(C)SC(=O)C(=C)C. The average Bonchev–Trinajstić information content (AvgIpc) is 2.13. The molecule has 84 valence electrons. The Labute approximate surface area is 99.6 Å². The smallest absolute Gasteiger partial charge is 0.214 e. The Hall–Kier alpha value is -0.480. The van der Waals surface area contributed by atoms with E-state index in [0.29, 0.717) is 16.9 Å². The number of hydrogen-bond acceptors (Lipinski definition) is 4. The zero-order valence-electron chi connectivity index (χ0n) is 9.33. The molecule has 0 aliphatic carbocycles. The van der Waals surface area contributed by atoms with Gasteiger partial charge in [0.25, 0.3) is 0 Å². The molecular weight excluding hydrogens is 228 g/mol. The van der Waals surface area contributed by atoms with Gasteiger partial charge in [0.2, 0.25) is 10.2 Å². The molecule has 0 fully saturated rings. The van der Waals surface area contributed by atoms with Crippen molar-refractivity contribution in [1.29, 1.82) is 0 Å². The van der Waals surface area contributed by atoms with Crippen LogP contribution in [0.15, 0.2) is 24.3 Å². The maximum absolute atomic E-state index is 11.3. The van der Waals surface area contributed by atoms with Crippen LogP contribution in [0.1, 0.15) is 20.8 Å². The lowest BCUT2D eigenvalue weighted by Crippen LogP contribution is -2.08. The van der Waals surface area contributed by atoms with Gasteiger partial charge in [-0.3, -0.25) is 9.59 Å². The Morgan fingerprint density at radius 1 is 1.13 bits per heavy atom. The number of rotatable bonds is 5. The summed E-state index contributed by atoms with van der Waals surface area (Å²) in [5.74, 6) is 0.620. The van der Waals surface area contributed by atoms with E-state index >= 15 is 0 Å². The lowest BCUT2D eigenvalue weighted by atomic mass is 10.4. The molecule has 0 aromatic carbocycles. The molecule has 0 aliphatic rings. The van der Waals surface area contributed by atoms with Crippen molar-refractivity contribution in [1.82, 2.24) is 0 Å². The van der Waals surface area contributed by atoms with E-state index < -0.39 is 0 Å². The molecule has 0 spiro atoms. The third kappa shape index (κ3) is 6.57. The van der Waals surface area contributed by atoms with E-state index in [0.717, 1.165) is 0 Å². The molecule has 0 amide bonds. The highest BCUT2D eigenvalue weighted by Gasteiger charge is 2.12. The van der Waals surface area contributed by atoms with E-state index in [1.165, 1.54) is 23.5 Å². The van der Waals surface area contributed by atoms with Gasteiger partial charge in [0, 0.05) is 11.0 Å². The molecule has 0 saturated heterocycles. The molecular formula is C11H16O2S2. The van der Waals surface area contributed by atoms with Crippen molar-refractivity contribution in [2.75, 3.05) is 5.75 Å². The van der Waals surface area contributed by atoms with Crippen LogP contribution in [-0.4, -0.2) is 21.2 Å². The fourth-order valence-corrected chi connectivity index (χ4v) is 2.31. The predicted octanol–water partition coefficient (Wildman–Crippen LogP) is 3.05. The van der Waals surface area contributed by atoms with Gasteiger partial charge < -0.3 is 0 Å². The van der Waals surface area contributed by atoms with Crippen LogP contribution in [0.3, 0.4) is 0 Å². The summed E-state index contributed by atoms with van der Waals surface area (Å²) in [7, 11) is 0. The summed E-state index contributed by atoms with van der Waals surface area (Å²) < 4.78 is 0. The van der Waals surface area contributed by atoms with Crippen molar-refractivity contribution >= 4 is 33.8 Å². The first kappa shape index (κ1) is 14.5. The molecule has 1 atom stereocenters. The van der Waals surface area contributed by atoms with Crippen molar-refractivity contribution in [3.8, 4) is 0 Å². The number of hydrogen-bond donors (Lipinski definition) is 0. The molecule has 0 bridgehead atoms. The molecule has 0 aromatic rings. The van der Waals surface area contributed by atoms with Gasteiger partial charge in [-0.1, -0.05) is 43.6 Å². The largest absolute Gasteiger partial charge is 0.282 e. The van der Waals surface area contributed by atoms with E-state index in [9.17, 15) is 9.59 Å². The van der Waals surface area contributed by atoms with Gasteiger partial charge in [-0.15, -0.1) is 0 Å². The molecule has 15 heavy (non-hydrogen) atoms. The molecule has 2 nitrogen and oxygen atoms in total. The van der Waals surface area contributed by atoms with E-state index in [2.05, 4.69) is 13.2 Å². The van der Waals surface area contributed by atoms with Crippen molar-refractivity contribution < 1.29 is 9.59 Å². The van der Waals surface area contributed by atoms with Crippen LogP contribution in [0.2, 0.25) is 0 Å². The Morgan fingerprint density at radius 2 is 1.60 bits per heavy atom. The summed E-state index contributed by atoms with van der Waals surface area (Å²) >= 11 is 2.43. The van der Waals surface area contributed by atoms with E-state index in [-0.39, 0.29) is 15.5 Å². The Kier molecular flexibility index (Phi) is 6.68. The minimum absolute atomic E-state index is 0.00845. The van der Waals surface area contributed by atoms with Gasteiger partial charge in [-0.2, -0.15) is 0 Å². The Balaban J connectivity index is 3.90. The highest BCUT2D eigenvalue weighted by Crippen LogP contribution is 2.21. The normalized spacial score (nSPS) is 11.9. The van der Waals surface area contributed by atoms with Crippen molar-refractivity contribution in [3.05, 3.63) is 24.3 Å². The van der Waals surface area contributed by atoms with Gasteiger partial charge in [-0.05, 0) is 25.0 Å². The highest BCUT2D eigenvalue weighted by molar-refractivity contribution is 8.17. The van der Waals surface area contributed by atoms with Gasteiger partial charge in [-0.25, -0.2) is 0 Å². The topological polar surface area (TPSA) is 34.1 Å². The number of carbonyl (C=O) groups is 2. The van der Waals surface area contributed by atoms with E-state index in [4.69, 9.17) is 0 Å². The number of thioether (sulfide) groups is 2. The van der Waals surface area contributed by atoms with Gasteiger partial charge in [0.05, 0.1) is 0 Å². The molecule has 0 rings (SSSR count). The summed E-state index contributed by atoms with van der Waals surface area (Å²) in [5.41, 5.74) is 1.09. The summed E-state index contributed by atoms with van der Waals surface area (Å²) in [6, 6.07) is 0. The quantitative estimate of drug-likeness (QED) is 0.696.